The Labute approximate surface area is 125 Å². The fourth-order valence-corrected chi connectivity index (χ4v) is 2.42. The van der Waals surface area contributed by atoms with Crippen molar-refractivity contribution in [3.05, 3.63) is 40.9 Å². The molecule has 0 radical (unpaired) electrons. The van der Waals surface area contributed by atoms with Gasteiger partial charge in [-0.2, -0.15) is 0 Å². The van der Waals surface area contributed by atoms with Crippen molar-refractivity contribution < 1.29 is 17.0 Å². The number of hydrogen-bond donors (Lipinski definition) is 2. The zero-order chi connectivity index (χ0) is 11.7. The van der Waals surface area contributed by atoms with E-state index in [1.165, 1.54) is 10.8 Å². The summed E-state index contributed by atoms with van der Waals surface area (Å²) in [6.07, 6.45) is 0. The lowest BCUT2D eigenvalue weighted by Gasteiger charge is -2.12. The van der Waals surface area contributed by atoms with Crippen LogP contribution in [0.3, 0.4) is 0 Å². The van der Waals surface area contributed by atoms with Gasteiger partial charge in [-0.05, 0) is 27.4 Å². The fourth-order valence-electron chi connectivity index (χ4n) is 1.97. The van der Waals surface area contributed by atoms with Gasteiger partial charge in [-0.1, -0.05) is 30.3 Å². The molecule has 5 heteroatoms. The van der Waals surface area contributed by atoms with Crippen LogP contribution in [0.2, 0.25) is 0 Å². The monoisotopic (exact) mass is 368 g/mol. The number of fused-ring (bicyclic) bond motifs is 1. The van der Waals surface area contributed by atoms with Gasteiger partial charge in [0.05, 0.1) is 12.2 Å². The summed E-state index contributed by atoms with van der Waals surface area (Å²) in [6, 6.07) is 12.5. The van der Waals surface area contributed by atoms with Gasteiger partial charge in [0.15, 0.2) is 5.96 Å². The Morgan fingerprint density at radius 3 is 2.78 bits per heavy atom. The molecule has 3 rings (SSSR count). The summed E-state index contributed by atoms with van der Waals surface area (Å²) in [5.74, 6) is 0.849. The van der Waals surface area contributed by atoms with Gasteiger partial charge in [0, 0.05) is 16.4 Å². The molecule has 1 aliphatic heterocycles. The summed E-state index contributed by atoms with van der Waals surface area (Å²) in [5, 5.41) is 8.97. The SMILES string of the molecule is Brc1ccc2ccccc2c1NC1=NCCN1.[Br-]. The number of anilines is 1. The normalized spacial score (nSPS) is 13.7. The molecule has 94 valence electrons. The highest BCUT2D eigenvalue weighted by molar-refractivity contribution is 9.10. The molecule has 0 atom stereocenters. The van der Waals surface area contributed by atoms with Gasteiger partial charge in [0.2, 0.25) is 0 Å². The Hall–Kier alpha value is -1.07. The minimum atomic E-state index is 0. The summed E-state index contributed by atoms with van der Waals surface area (Å²) in [6.45, 7) is 1.75. The number of halogens is 2. The van der Waals surface area contributed by atoms with Crippen molar-refractivity contribution in [3.63, 3.8) is 0 Å². The van der Waals surface area contributed by atoms with Gasteiger partial charge in [-0.3, -0.25) is 4.99 Å². The molecule has 2 aromatic rings. The molecule has 1 aliphatic rings. The van der Waals surface area contributed by atoms with Crippen LogP contribution in [0.5, 0.6) is 0 Å². The lowest BCUT2D eigenvalue weighted by atomic mass is 10.1. The number of rotatable bonds is 1. The molecule has 2 N–H and O–H groups in total. The molecule has 0 saturated heterocycles. The molecule has 0 saturated carbocycles. The van der Waals surface area contributed by atoms with Crippen LogP contribution < -0.4 is 27.6 Å². The Morgan fingerprint density at radius 2 is 2.00 bits per heavy atom. The fraction of sp³-hybridized carbons (Fsp3) is 0.154. The average Bonchev–Trinajstić information content (AvgIpc) is 2.86. The topological polar surface area (TPSA) is 36.4 Å². The molecule has 0 aliphatic carbocycles. The van der Waals surface area contributed by atoms with Crippen LogP contribution in [0, 0.1) is 0 Å². The summed E-state index contributed by atoms with van der Waals surface area (Å²) in [4.78, 5) is 4.35. The van der Waals surface area contributed by atoms with Crippen molar-refractivity contribution in [3.8, 4) is 0 Å². The number of nitrogens with one attached hydrogen (secondary N) is 2. The maximum atomic E-state index is 4.35. The third kappa shape index (κ3) is 2.52. The first-order valence-corrected chi connectivity index (χ1v) is 6.36. The molecular weight excluding hydrogens is 358 g/mol. The highest BCUT2D eigenvalue weighted by Gasteiger charge is 2.10. The minimum absolute atomic E-state index is 0. The van der Waals surface area contributed by atoms with Crippen molar-refractivity contribution in [1.82, 2.24) is 5.32 Å². The van der Waals surface area contributed by atoms with Gasteiger partial charge >= 0.3 is 0 Å². The lowest BCUT2D eigenvalue weighted by Crippen LogP contribution is -3.00. The van der Waals surface area contributed by atoms with Crippen molar-refractivity contribution >= 4 is 38.3 Å². The standard InChI is InChI=1S/C13H12BrN3.BrH/c14-11-6-5-9-3-1-2-4-10(9)12(11)17-13-15-7-8-16-13;/h1-6H,7-8H2,(H2,15,16,17);1H/p-1. The van der Waals surface area contributed by atoms with Crippen LogP contribution in [0.4, 0.5) is 5.69 Å². The maximum Gasteiger partial charge on any atom is 0.195 e. The number of nitrogens with zero attached hydrogens (tertiary/aromatic N) is 1. The summed E-state index contributed by atoms with van der Waals surface area (Å²) >= 11 is 3.58. The van der Waals surface area contributed by atoms with Crippen molar-refractivity contribution in [1.29, 1.82) is 0 Å². The largest absolute Gasteiger partial charge is 1.00 e. The van der Waals surface area contributed by atoms with Gasteiger partial charge in [0.25, 0.3) is 0 Å². The van der Waals surface area contributed by atoms with Crippen LogP contribution in [-0.2, 0) is 0 Å². The second kappa shape index (κ2) is 5.71. The first-order chi connectivity index (χ1) is 8.34. The molecule has 0 unspecified atom stereocenters. The van der Waals surface area contributed by atoms with E-state index in [1.807, 2.05) is 12.1 Å². The second-order valence-electron chi connectivity index (χ2n) is 3.93. The summed E-state index contributed by atoms with van der Waals surface area (Å²) in [5.41, 5.74) is 1.07. The molecule has 0 fully saturated rings. The Balaban J connectivity index is 0.00000120. The zero-order valence-corrected chi connectivity index (χ0v) is 12.8. The number of aliphatic imine (C=N–C) groups is 1. The van der Waals surface area contributed by atoms with Gasteiger partial charge in [-0.25, -0.2) is 0 Å². The molecule has 0 spiro atoms. The summed E-state index contributed by atoms with van der Waals surface area (Å²) in [7, 11) is 0. The molecule has 3 nitrogen and oxygen atoms in total. The first-order valence-electron chi connectivity index (χ1n) is 5.57. The van der Waals surface area contributed by atoms with E-state index in [0.717, 1.165) is 29.2 Å². The smallest absolute Gasteiger partial charge is 0.195 e. The Bertz CT molecular complexity index is 596. The molecule has 18 heavy (non-hydrogen) atoms. The highest BCUT2D eigenvalue weighted by Crippen LogP contribution is 2.31. The van der Waals surface area contributed by atoms with Crippen molar-refractivity contribution in [2.24, 2.45) is 4.99 Å². The maximum absolute atomic E-state index is 4.35. The number of hydrogen-bond acceptors (Lipinski definition) is 3. The van der Waals surface area contributed by atoms with E-state index in [9.17, 15) is 0 Å². The number of benzene rings is 2. The first kappa shape index (κ1) is 13.4. The van der Waals surface area contributed by atoms with Crippen LogP contribution in [0.25, 0.3) is 10.8 Å². The quantitative estimate of drug-likeness (QED) is 0.741. The third-order valence-electron chi connectivity index (χ3n) is 2.80. The molecule has 0 amide bonds. The van der Waals surface area contributed by atoms with E-state index in [1.54, 1.807) is 0 Å². The number of guanidine groups is 1. The summed E-state index contributed by atoms with van der Waals surface area (Å²) < 4.78 is 1.05. The Morgan fingerprint density at radius 1 is 1.17 bits per heavy atom. The van der Waals surface area contributed by atoms with E-state index in [2.05, 4.69) is 55.8 Å². The zero-order valence-electron chi connectivity index (χ0n) is 9.58. The lowest BCUT2D eigenvalue weighted by molar-refractivity contribution is -0.00000327. The van der Waals surface area contributed by atoms with E-state index >= 15 is 0 Å². The van der Waals surface area contributed by atoms with Crippen LogP contribution in [-0.4, -0.2) is 19.0 Å². The van der Waals surface area contributed by atoms with E-state index in [4.69, 9.17) is 0 Å². The van der Waals surface area contributed by atoms with Gasteiger partial charge in [0.1, 0.15) is 0 Å². The molecule has 2 aromatic carbocycles. The van der Waals surface area contributed by atoms with Gasteiger partial charge in [-0.15, -0.1) is 0 Å². The van der Waals surface area contributed by atoms with E-state index < -0.39 is 0 Å². The predicted octanol–water partition coefficient (Wildman–Crippen LogP) is -0.0226. The third-order valence-corrected chi connectivity index (χ3v) is 3.46. The van der Waals surface area contributed by atoms with Crippen LogP contribution >= 0.6 is 15.9 Å². The molecular formula is C13H12Br2N3-. The predicted molar refractivity (Wildman–Crippen MR) is 75.6 cm³/mol. The van der Waals surface area contributed by atoms with Crippen molar-refractivity contribution in [2.75, 3.05) is 18.4 Å². The van der Waals surface area contributed by atoms with E-state index in [0.29, 0.717) is 0 Å². The van der Waals surface area contributed by atoms with Crippen LogP contribution in [0.1, 0.15) is 0 Å². The van der Waals surface area contributed by atoms with Crippen LogP contribution in [0.15, 0.2) is 45.9 Å². The molecule has 0 aromatic heterocycles. The van der Waals surface area contributed by atoms with Crippen molar-refractivity contribution in [2.45, 2.75) is 0 Å². The second-order valence-corrected chi connectivity index (χ2v) is 4.78. The Kier molecular flexibility index (Phi) is 4.24. The minimum Gasteiger partial charge on any atom is -1.00 e. The molecule has 1 heterocycles. The van der Waals surface area contributed by atoms with E-state index in [-0.39, 0.29) is 17.0 Å². The van der Waals surface area contributed by atoms with Gasteiger partial charge < -0.3 is 27.6 Å². The average molecular weight is 370 g/mol. The molecule has 0 bridgehead atoms. The highest BCUT2D eigenvalue weighted by atomic mass is 79.9.